The zero-order chi connectivity index (χ0) is 18.7. The lowest BCUT2D eigenvalue weighted by Gasteiger charge is -2.16. The van der Waals surface area contributed by atoms with Crippen LogP contribution in [0, 0.1) is 18.7 Å². The molecule has 1 aromatic heterocycles. The molecule has 134 valence electrons. The van der Waals surface area contributed by atoms with Gasteiger partial charge >= 0.3 is 5.97 Å². The third kappa shape index (κ3) is 4.17. The lowest BCUT2D eigenvalue weighted by Crippen LogP contribution is -2.41. The van der Waals surface area contributed by atoms with Crippen LogP contribution in [0.4, 0.5) is 4.39 Å². The maximum atomic E-state index is 14.2. The molecular weight excluding hydrogens is 351 g/mol. The monoisotopic (exact) mass is 368 g/mol. The van der Waals surface area contributed by atoms with Gasteiger partial charge in [0.2, 0.25) is 0 Å². The van der Waals surface area contributed by atoms with Gasteiger partial charge in [0.1, 0.15) is 28.9 Å². The highest BCUT2D eigenvalue weighted by Crippen LogP contribution is 2.33. The Labute approximate surface area is 149 Å². The topological polar surface area (TPSA) is 92.4 Å². The first kappa shape index (κ1) is 18.9. The summed E-state index contributed by atoms with van der Waals surface area (Å²) >= 11 is 6.03. The van der Waals surface area contributed by atoms with Gasteiger partial charge in [0, 0.05) is 0 Å². The molecule has 0 bridgehead atoms. The van der Waals surface area contributed by atoms with E-state index in [2.05, 4.69) is 10.5 Å². The van der Waals surface area contributed by atoms with Gasteiger partial charge in [0.25, 0.3) is 5.91 Å². The summed E-state index contributed by atoms with van der Waals surface area (Å²) in [7, 11) is 0. The lowest BCUT2D eigenvalue weighted by atomic mass is 10.0. The van der Waals surface area contributed by atoms with E-state index in [1.807, 2.05) is 13.8 Å². The first-order chi connectivity index (χ1) is 11.7. The Morgan fingerprint density at radius 2 is 2.08 bits per heavy atom. The molecule has 0 saturated heterocycles. The summed E-state index contributed by atoms with van der Waals surface area (Å²) in [4.78, 5) is 24.0. The maximum Gasteiger partial charge on any atom is 0.326 e. The van der Waals surface area contributed by atoms with Gasteiger partial charge in [-0.25, -0.2) is 9.18 Å². The van der Waals surface area contributed by atoms with Crippen LogP contribution < -0.4 is 5.32 Å². The van der Waals surface area contributed by atoms with E-state index in [4.69, 9.17) is 16.1 Å². The normalized spacial score (nSPS) is 12.2. The average molecular weight is 369 g/mol. The SMILES string of the molecule is Cc1onc(-c2c(F)cccc2Cl)c1C(=O)N[C@H](CC(C)C)C(=O)O. The largest absolute Gasteiger partial charge is 0.480 e. The zero-order valence-corrected chi connectivity index (χ0v) is 14.7. The smallest absolute Gasteiger partial charge is 0.326 e. The Morgan fingerprint density at radius 1 is 1.40 bits per heavy atom. The summed E-state index contributed by atoms with van der Waals surface area (Å²) in [5.41, 5.74) is -0.171. The molecule has 0 aliphatic heterocycles. The summed E-state index contributed by atoms with van der Waals surface area (Å²) in [6.07, 6.45) is 0.251. The predicted octanol–water partition coefficient (Wildman–Crippen LogP) is 3.67. The molecule has 1 aromatic carbocycles. The molecular formula is C17H18ClFN2O4. The minimum absolute atomic E-state index is 0.0398. The van der Waals surface area contributed by atoms with Crippen molar-refractivity contribution in [1.29, 1.82) is 0 Å². The van der Waals surface area contributed by atoms with E-state index in [0.29, 0.717) is 0 Å². The first-order valence-electron chi connectivity index (χ1n) is 7.66. The van der Waals surface area contributed by atoms with E-state index in [9.17, 15) is 19.1 Å². The number of aromatic nitrogens is 1. The molecule has 0 unspecified atom stereocenters. The van der Waals surface area contributed by atoms with Crippen molar-refractivity contribution in [1.82, 2.24) is 10.5 Å². The molecule has 25 heavy (non-hydrogen) atoms. The number of carboxylic acid groups (broad SMARTS) is 1. The van der Waals surface area contributed by atoms with Gasteiger partial charge in [-0.2, -0.15) is 0 Å². The van der Waals surface area contributed by atoms with Gasteiger partial charge in [-0.1, -0.05) is 36.7 Å². The fraction of sp³-hybridized carbons (Fsp3) is 0.353. The van der Waals surface area contributed by atoms with Crippen LogP contribution in [0.25, 0.3) is 11.3 Å². The molecule has 2 aromatic rings. The number of hydrogen-bond acceptors (Lipinski definition) is 4. The van der Waals surface area contributed by atoms with Crippen LogP contribution in [0.3, 0.4) is 0 Å². The molecule has 0 aliphatic rings. The number of carbonyl (C=O) groups excluding carboxylic acids is 1. The van der Waals surface area contributed by atoms with E-state index < -0.39 is 23.7 Å². The maximum absolute atomic E-state index is 14.2. The van der Waals surface area contributed by atoms with Crippen molar-refractivity contribution in [2.75, 3.05) is 0 Å². The molecule has 8 heteroatoms. The van der Waals surface area contributed by atoms with Crippen LogP contribution in [0.15, 0.2) is 22.7 Å². The third-order valence-corrected chi connectivity index (χ3v) is 3.91. The molecule has 2 rings (SSSR count). The van der Waals surface area contributed by atoms with Crippen LogP contribution in [0.1, 0.15) is 36.4 Å². The average Bonchev–Trinajstić information content (AvgIpc) is 2.87. The molecule has 1 atom stereocenters. The number of halogens is 2. The van der Waals surface area contributed by atoms with Crippen LogP contribution in [0.2, 0.25) is 5.02 Å². The number of nitrogens with zero attached hydrogens (tertiary/aromatic N) is 1. The summed E-state index contributed by atoms with van der Waals surface area (Å²) < 4.78 is 19.2. The van der Waals surface area contributed by atoms with E-state index in [0.717, 1.165) is 0 Å². The van der Waals surface area contributed by atoms with Gasteiger partial charge in [-0.05, 0) is 31.4 Å². The number of aliphatic carboxylic acids is 1. The summed E-state index contributed by atoms with van der Waals surface area (Å²) in [6, 6.07) is 3.00. The fourth-order valence-electron chi connectivity index (χ4n) is 2.46. The summed E-state index contributed by atoms with van der Waals surface area (Å²) in [5, 5.41) is 15.5. The second-order valence-corrected chi connectivity index (χ2v) is 6.46. The van der Waals surface area contributed by atoms with Crippen molar-refractivity contribution in [3.05, 3.63) is 40.4 Å². The first-order valence-corrected chi connectivity index (χ1v) is 8.04. The second kappa shape index (κ2) is 7.65. The highest BCUT2D eigenvalue weighted by atomic mass is 35.5. The summed E-state index contributed by atoms with van der Waals surface area (Å²) in [6.45, 7) is 5.17. The highest BCUT2D eigenvalue weighted by Gasteiger charge is 2.29. The van der Waals surface area contributed by atoms with E-state index >= 15 is 0 Å². The minimum Gasteiger partial charge on any atom is -0.480 e. The van der Waals surface area contributed by atoms with Crippen molar-refractivity contribution >= 4 is 23.5 Å². The molecule has 6 nitrogen and oxygen atoms in total. The number of carbonyl (C=O) groups is 2. The van der Waals surface area contributed by atoms with Crippen molar-refractivity contribution in [2.24, 2.45) is 5.92 Å². The predicted molar refractivity (Wildman–Crippen MR) is 90.0 cm³/mol. The van der Waals surface area contributed by atoms with Gasteiger partial charge in [0.05, 0.1) is 10.6 Å². The van der Waals surface area contributed by atoms with Gasteiger partial charge in [0.15, 0.2) is 0 Å². The number of hydrogen-bond donors (Lipinski definition) is 2. The molecule has 1 amide bonds. The summed E-state index contributed by atoms with van der Waals surface area (Å²) in [5.74, 6) is -2.32. The van der Waals surface area contributed by atoms with Crippen molar-refractivity contribution in [3.63, 3.8) is 0 Å². The molecule has 0 radical (unpaired) electrons. The number of nitrogens with one attached hydrogen (secondary N) is 1. The Kier molecular flexibility index (Phi) is 5.79. The molecule has 0 saturated carbocycles. The second-order valence-electron chi connectivity index (χ2n) is 6.05. The zero-order valence-electron chi connectivity index (χ0n) is 14.0. The highest BCUT2D eigenvalue weighted by molar-refractivity contribution is 6.33. The van der Waals surface area contributed by atoms with Crippen molar-refractivity contribution in [2.45, 2.75) is 33.2 Å². The molecule has 0 aliphatic carbocycles. The fourth-order valence-corrected chi connectivity index (χ4v) is 2.71. The van der Waals surface area contributed by atoms with Gasteiger partial charge in [-0.3, -0.25) is 4.79 Å². The number of rotatable bonds is 6. The molecule has 2 N–H and O–H groups in total. The van der Waals surface area contributed by atoms with Crippen molar-refractivity contribution < 1.29 is 23.6 Å². The quantitative estimate of drug-likeness (QED) is 0.811. The minimum atomic E-state index is -1.15. The van der Waals surface area contributed by atoms with E-state index in [-0.39, 0.29) is 39.9 Å². The van der Waals surface area contributed by atoms with Crippen LogP contribution in [-0.4, -0.2) is 28.2 Å². The third-order valence-electron chi connectivity index (χ3n) is 3.60. The molecule has 1 heterocycles. The Hall–Kier alpha value is -2.41. The number of amides is 1. The Bertz CT molecular complexity index is 784. The van der Waals surface area contributed by atoms with Crippen LogP contribution in [0.5, 0.6) is 0 Å². The standard InChI is InChI=1S/C17H18ClFN2O4/c1-8(2)7-12(17(23)24)20-16(22)13-9(3)25-21-15(13)14-10(18)5-4-6-11(14)19/h4-6,8,12H,7H2,1-3H3,(H,20,22)(H,23,24)/t12-/m1/s1. The number of carboxylic acids is 1. The van der Waals surface area contributed by atoms with Crippen LogP contribution >= 0.6 is 11.6 Å². The lowest BCUT2D eigenvalue weighted by molar-refractivity contribution is -0.139. The van der Waals surface area contributed by atoms with Gasteiger partial charge < -0.3 is 14.9 Å². The van der Waals surface area contributed by atoms with Gasteiger partial charge in [-0.15, -0.1) is 0 Å². The van der Waals surface area contributed by atoms with Crippen molar-refractivity contribution in [3.8, 4) is 11.3 Å². The van der Waals surface area contributed by atoms with E-state index in [1.165, 1.54) is 25.1 Å². The Balaban J connectivity index is 2.42. The molecule has 0 spiro atoms. The Morgan fingerprint density at radius 3 is 2.64 bits per heavy atom. The van der Waals surface area contributed by atoms with E-state index in [1.54, 1.807) is 0 Å². The van der Waals surface area contributed by atoms with Crippen LogP contribution in [-0.2, 0) is 4.79 Å². The number of aryl methyl sites for hydroxylation is 1. The molecule has 0 fully saturated rings. The number of benzene rings is 1.